The van der Waals surface area contributed by atoms with E-state index < -0.39 is 0 Å². The average molecular weight is 271 g/mol. The van der Waals surface area contributed by atoms with Crippen LogP contribution in [0.1, 0.15) is 30.1 Å². The standard InChI is InChI=1S/C16H21N3O/c1-11(17)12-5-4-8-19(10-12)16(20)14-9-18-15-7-3-2-6-13(14)15/h2-3,6-7,9,11-12,18H,4-5,8,10,17H2,1H3. The van der Waals surface area contributed by atoms with Crippen LogP contribution in [0.25, 0.3) is 10.9 Å². The van der Waals surface area contributed by atoms with Crippen molar-refractivity contribution in [3.63, 3.8) is 0 Å². The lowest BCUT2D eigenvalue weighted by atomic mass is 9.92. The lowest BCUT2D eigenvalue weighted by Crippen LogP contribution is -2.45. The first-order chi connectivity index (χ1) is 9.66. The van der Waals surface area contributed by atoms with Gasteiger partial charge < -0.3 is 15.6 Å². The Labute approximate surface area is 118 Å². The Kier molecular flexibility index (Phi) is 3.49. The van der Waals surface area contributed by atoms with Crippen molar-refractivity contribution in [2.24, 2.45) is 11.7 Å². The van der Waals surface area contributed by atoms with Crippen LogP contribution in [0, 0.1) is 5.92 Å². The maximum Gasteiger partial charge on any atom is 0.256 e. The number of hydrogen-bond donors (Lipinski definition) is 2. The van der Waals surface area contributed by atoms with Gasteiger partial charge in [0.15, 0.2) is 0 Å². The maximum absolute atomic E-state index is 12.7. The molecular formula is C16H21N3O. The van der Waals surface area contributed by atoms with Crippen LogP contribution in [0.5, 0.6) is 0 Å². The summed E-state index contributed by atoms with van der Waals surface area (Å²) < 4.78 is 0. The van der Waals surface area contributed by atoms with Gasteiger partial charge in [-0.25, -0.2) is 0 Å². The van der Waals surface area contributed by atoms with Gasteiger partial charge in [-0.1, -0.05) is 18.2 Å². The first-order valence-corrected chi connectivity index (χ1v) is 7.28. The van der Waals surface area contributed by atoms with Crippen LogP contribution in [-0.4, -0.2) is 34.9 Å². The van der Waals surface area contributed by atoms with E-state index in [4.69, 9.17) is 5.73 Å². The van der Waals surface area contributed by atoms with Gasteiger partial charge in [-0.15, -0.1) is 0 Å². The summed E-state index contributed by atoms with van der Waals surface area (Å²) in [5.74, 6) is 0.533. The zero-order valence-electron chi connectivity index (χ0n) is 11.8. The number of carbonyl (C=O) groups is 1. The number of nitrogens with one attached hydrogen (secondary N) is 1. The Bertz CT molecular complexity index is 617. The molecule has 1 aliphatic rings. The second kappa shape index (κ2) is 5.29. The molecule has 1 saturated heterocycles. The second-order valence-electron chi connectivity index (χ2n) is 5.76. The summed E-state index contributed by atoms with van der Waals surface area (Å²) in [7, 11) is 0. The molecule has 0 saturated carbocycles. The Balaban J connectivity index is 1.85. The highest BCUT2D eigenvalue weighted by molar-refractivity contribution is 6.06. The summed E-state index contributed by atoms with van der Waals surface area (Å²) in [4.78, 5) is 17.8. The summed E-state index contributed by atoms with van der Waals surface area (Å²) in [6, 6.07) is 8.07. The highest BCUT2D eigenvalue weighted by atomic mass is 16.2. The zero-order valence-corrected chi connectivity index (χ0v) is 11.8. The molecule has 106 valence electrons. The van der Waals surface area contributed by atoms with E-state index in [1.54, 1.807) is 0 Å². The lowest BCUT2D eigenvalue weighted by Gasteiger charge is -2.34. The fourth-order valence-electron chi connectivity index (χ4n) is 3.04. The predicted molar refractivity (Wildman–Crippen MR) is 80.6 cm³/mol. The fourth-order valence-corrected chi connectivity index (χ4v) is 3.04. The topological polar surface area (TPSA) is 62.1 Å². The molecule has 1 aliphatic heterocycles. The second-order valence-corrected chi connectivity index (χ2v) is 5.76. The van der Waals surface area contributed by atoms with Crippen LogP contribution in [0.4, 0.5) is 0 Å². The van der Waals surface area contributed by atoms with Gasteiger partial charge in [0.1, 0.15) is 0 Å². The van der Waals surface area contributed by atoms with Crippen molar-refractivity contribution < 1.29 is 4.79 Å². The Morgan fingerprint density at radius 2 is 2.25 bits per heavy atom. The first-order valence-electron chi connectivity index (χ1n) is 7.28. The molecule has 20 heavy (non-hydrogen) atoms. The van der Waals surface area contributed by atoms with E-state index in [1.165, 1.54) is 0 Å². The van der Waals surface area contributed by atoms with Gasteiger partial charge in [-0.05, 0) is 31.7 Å². The van der Waals surface area contributed by atoms with E-state index in [9.17, 15) is 4.79 Å². The third kappa shape index (κ3) is 2.31. The SMILES string of the molecule is CC(N)C1CCCN(C(=O)c2c[nH]c3ccccc23)C1. The molecule has 0 spiro atoms. The molecule has 0 aliphatic carbocycles. The van der Waals surface area contributed by atoms with Crippen molar-refractivity contribution in [3.8, 4) is 0 Å². The number of fused-ring (bicyclic) bond motifs is 1. The number of rotatable bonds is 2. The van der Waals surface area contributed by atoms with Crippen molar-refractivity contribution in [2.45, 2.75) is 25.8 Å². The normalized spacial score (nSPS) is 21.1. The number of aromatic nitrogens is 1. The van der Waals surface area contributed by atoms with Gasteiger partial charge in [-0.2, -0.15) is 0 Å². The van der Waals surface area contributed by atoms with Crippen LogP contribution in [-0.2, 0) is 0 Å². The number of H-pyrrole nitrogens is 1. The molecule has 2 heterocycles. The highest BCUT2D eigenvalue weighted by Gasteiger charge is 2.27. The number of amides is 1. The minimum atomic E-state index is 0.118. The number of aromatic amines is 1. The van der Waals surface area contributed by atoms with Gasteiger partial charge in [0.25, 0.3) is 5.91 Å². The number of nitrogens with zero attached hydrogens (tertiary/aromatic N) is 1. The van der Waals surface area contributed by atoms with Gasteiger partial charge in [-0.3, -0.25) is 4.79 Å². The van der Waals surface area contributed by atoms with E-state index in [0.29, 0.717) is 5.92 Å². The van der Waals surface area contributed by atoms with E-state index in [-0.39, 0.29) is 11.9 Å². The first kappa shape index (κ1) is 13.2. The monoisotopic (exact) mass is 271 g/mol. The van der Waals surface area contributed by atoms with Crippen molar-refractivity contribution >= 4 is 16.8 Å². The quantitative estimate of drug-likeness (QED) is 0.881. The number of hydrogen-bond acceptors (Lipinski definition) is 2. The Morgan fingerprint density at radius 1 is 1.45 bits per heavy atom. The van der Waals surface area contributed by atoms with Crippen LogP contribution < -0.4 is 5.73 Å². The number of carbonyl (C=O) groups excluding carboxylic acids is 1. The number of para-hydroxylation sites is 1. The third-order valence-electron chi connectivity index (χ3n) is 4.31. The maximum atomic E-state index is 12.7. The van der Waals surface area contributed by atoms with Crippen molar-refractivity contribution in [2.75, 3.05) is 13.1 Å². The van der Waals surface area contributed by atoms with E-state index in [2.05, 4.69) is 4.98 Å². The molecule has 2 atom stereocenters. The van der Waals surface area contributed by atoms with Gasteiger partial charge in [0.05, 0.1) is 5.56 Å². The van der Waals surface area contributed by atoms with Crippen LogP contribution in [0.15, 0.2) is 30.5 Å². The van der Waals surface area contributed by atoms with Crippen LogP contribution in [0.3, 0.4) is 0 Å². The molecule has 2 unspecified atom stereocenters. The summed E-state index contributed by atoms with van der Waals surface area (Å²) in [5, 5.41) is 1.00. The number of likely N-dealkylation sites (tertiary alicyclic amines) is 1. The van der Waals surface area contributed by atoms with Crippen molar-refractivity contribution in [1.82, 2.24) is 9.88 Å². The van der Waals surface area contributed by atoms with Gasteiger partial charge >= 0.3 is 0 Å². The molecular weight excluding hydrogens is 250 g/mol. The number of benzene rings is 1. The average Bonchev–Trinajstić information content (AvgIpc) is 2.90. The molecule has 1 aromatic carbocycles. The van der Waals surface area contributed by atoms with Crippen LogP contribution >= 0.6 is 0 Å². The van der Waals surface area contributed by atoms with Crippen LogP contribution in [0.2, 0.25) is 0 Å². The Hall–Kier alpha value is -1.81. The minimum Gasteiger partial charge on any atom is -0.360 e. The minimum absolute atomic E-state index is 0.118. The molecule has 2 aromatic rings. The molecule has 4 nitrogen and oxygen atoms in total. The summed E-state index contributed by atoms with van der Waals surface area (Å²) in [6.45, 7) is 3.64. The molecule has 1 fully saturated rings. The molecule has 3 N–H and O–H groups in total. The van der Waals surface area contributed by atoms with E-state index in [0.717, 1.165) is 42.4 Å². The van der Waals surface area contributed by atoms with Gasteiger partial charge in [0, 0.05) is 36.2 Å². The fraction of sp³-hybridized carbons (Fsp3) is 0.438. The smallest absolute Gasteiger partial charge is 0.256 e. The summed E-state index contributed by atoms with van der Waals surface area (Å²) in [6.07, 6.45) is 3.98. The Morgan fingerprint density at radius 3 is 3.05 bits per heavy atom. The highest BCUT2D eigenvalue weighted by Crippen LogP contribution is 2.24. The molecule has 0 radical (unpaired) electrons. The molecule has 3 rings (SSSR count). The van der Waals surface area contributed by atoms with Gasteiger partial charge in [0.2, 0.25) is 0 Å². The summed E-state index contributed by atoms with van der Waals surface area (Å²) in [5.41, 5.74) is 7.77. The lowest BCUT2D eigenvalue weighted by molar-refractivity contribution is 0.0663. The van der Waals surface area contributed by atoms with E-state index in [1.807, 2.05) is 42.3 Å². The molecule has 1 amide bonds. The zero-order chi connectivity index (χ0) is 14.1. The third-order valence-corrected chi connectivity index (χ3v) is 4.31. The van der Waals surface area contributed by atoms with Crippen molar-refractivity contribution in [3.05, 3.63) is 36.0 Å². The number of piperidine rings is 1. The van der Waals surface area contributed by atoms with E-state index >= 15 is 0 Å². The molecule has 1 aromatic heterocycles. The molecule has 0 bridgehead atoms. The summed E-state index contributed by atoms with van der Waals surface area (Å²) >= 11 is 0. The van der Waals surface area contributed by atoms with Crippen molar-refractivity contribution in [1.29, 1.82) is 0 Å². The molecule has 4 heteroatoms. The predicted octanol–water partition coefficient (Wildman–Crippen LogP) is 2.37. The largest absolute Gasteiger partial charge is 0.360 e. The number of nitrogens with two attached hydrogens (primary N) is 1.